The first-order chi connectivity index (χ1) is 12.6. The number of hydrogen-bond donors (Lipinski definition) is 1. The van der Waals surface area contributed by atoms with Gasteiger partial charge in [0.1, 0.15) is 5.75 Å². The number of benzene rings is 2. The van der Waals surface area contributed by atoms with Crippen LogP contribution in [-0.2, 0) is 17.0 Å². The van der Waals surface area contributed by atoms with Crippen LogP contribution in [-0.4, -0.2) is 24.3 Å². The fraction of sp³-hybridized carbons (Fsp3) is 0.409. The zero-order chi connectivity index (χ0) is 18.8. The molecular weight excluding hydrogens is 342 g/mol. The van der Waals surface area contributed by atoms with E-state index >= 15 is 0 Å². The summed E-state index contributed by atoms with van der Waals surface area (Å²) in [5.74, 6) is 2.57. The van der Waals surface area contributed by atoms with Gasteiger partial charge in [0.25, 0.3) is 5.91 Å². The predicted molar refractivity (Wildman–Crippen MR) is 111 cm³/mol. The molecule has 0 aliphatic heterocycles. The van der Waals surface area contributed by atoms with Crippen LogP contribution in [0.3, 0.4) is 0 Å². The van der Waals surface area contributed by atoms with Crippen LogP contribution in [0.15, 0.2) is 48.5 Å². The van der Waals surface area contributed by atoms with Crippen molar-refractivity contribution in [2.75, 3.05) is 12.3 Å². The highest BCUT2D eigenvalue weighted by Crippen LogP contribution is 2.16. The van der Waals surface area contributed by atoms with Gasteiger partial charge in [0.2, 0.25) is 0 Å². The third-order valence-electron chi connectivity index (χ3n) is 4.21. The summed E-state index contributed by atoms with van der Waals surface area (Å²) in [5, 5.41) is 2.99. The van der Waals surface area contributed by atoms with E-state index in [-0.39, 0.29) is 5.91 Å². The maximum atomic E-state index is 12.3. The summed E-state index contributed by atoms with van der Waals surface area (Å²) in [6.07, 6.45) is 1.21. The molecule has 140 valence electrons. The van der Waals surface area contributed by atoms with Gasteiger partial charge in [0.15, 0.2) is 6.10 Å². The molecule has 3 nitrogen and oxygen atoms in total. The summed E-state index contributed by atoms with van der Waals surface area (Å²) in [4.78, 5) is 12.3. The van der Waals surface area contributed by atoms with Gasteiger partial charge in [-0.1, -0.05) is 55.8 Å². The molecule has 1 N–H and O–H groups in total. The van der Waals surface area contributed by atoms with E-state index in [2.05, 4.69) is 43.4 Å². The Bertz CT molecular complexity index is 668. The minimum Gasteiger partial charge on any atom is -0.481 e. The topological polar surface area (TPSA) is 38.3 Å². The third kappa shape index (κ3) is 6.75. The van der Waals surface area contributed by atoms with E-state index in [4.69, 9.17) is 4.74 Å². The van der Waals surface area contributed by atoms with Gasteiger partial charge in [-0.2, -0.15) is 11.8 Å². The van der Waals surface area contributed by atoms with Crippen molar-refractivity contribution in [3.63, 3.8) is 0 Å². The average molecular weight is 372 g/mol. The first-order valence-corrected chi connectivity index (χ1v) is 10.4. The molecule has 1 amide bonds. The molecule has 0 unspecified atom stereocenters. The number of carbonyl (C=O) groups excluding carboxylic acids is 1. The maximum absolute atomic E-state index is 12.3. The Kier molecular flexibility index (Phi) is 8.56. The number of thioether (sulfide) groups is 1. The average Bonchev–Trinajstić information content (AvgIpc) is 2.67. The van der Waals surface area contributed by atoms with E-state index in [1.807, 2.05) is 43.0 Å². The smallest absolute Gasteiger partial charge is 0.261 e. The molecular formula is C22H29NO2S. The van der Waals surface area contributed by atoms with Crippen LogP contribution in [0.2, 0.25) is 0 Å². The first kappa shape index (κ1) is 20.4. The van der Waals surface area contributed by atoms with Crippen LogP contribution < -0.4 is 10.1 Å². The third-order valence-corrected chi connectivity index (χ3v) is 5.24. The minimum atomic E-state index is -0.440. The predicted octanol–water partition coefficient (Wildman–Crippen LogP) is 4.76. The van der Waals surface area contributed by atoms with Crippen molar-refractivity contribution in [2.24, 2.45) is 0 Å². The number of amides is 1. The van der Waals surface area contributed by atoms with Gasteiger partial charge >= 0.3 is 0 Å². The fourth-order valence-electron chi connectivity index (χ4n) is 2.52. The molecule has 0 aliphatic carbocycles. The molecule has 0 heterocycles. The van der Waals surface area contributed by atoms with Gasteiger partial charge in [-0.05, 0) is 43.0 Å². The number of hydrogen-bond acceptors (Lipinski definition) is 3. The molecule has 2 aromatic rings. The van der Waals surface area contributed by atoms with Gasteiger partial charge in [0.05, 0.1) is 0 Å². The molecule has 1 atom stereocenters. The van der Waals surface area contributed by atoms with Crippen LogP contribution in [0.4, 0.5) is 0 Å². The Balaban J connectivity index is 1.69. The second kappa shape index (κ2) is 10.9. The standard InChI is InChI=1S/C22H29NO2S/c1-4-18-10-12-20(13-11-18)25-21(5-2)22(24)23-14-15-26-16-19-8-6-17(3)7-9-19/h6-13,21H,4-5,14-16H2,1-3H3,(H,23,24)/t21-/m0/s1. The minimum absolute atomic E-state index is 0.0389. The molecule has 0 aromatic heterocycles. The van der Waals surface area contributed by atoms with Crippen LogP contribution in [0.5, 0.6) is 5.75 Å². The van der Waals surface area contributed by atoms with Crippen molar-refractivity contribution in [2.45, 2.75) is 45.5 Å². The van der Waals surface area contributed by atoms with E-state index in [0.29, 0.717) is 13.0 Å². The number of ether oxygens (including phenoxy) is 1. The van der Waals surface area contributed by atoms with Crippen LogP contribution >= 0.6 is 11.8 Å². The Morgan fingerprint density at radius 2 is 1.69 bits per heavy atom. The Labute approximate surface area is 161 Å². The molecule has 0 saturated heterocycles. The van der Waals surface area contributed by atoms with Crippen molar-refractivity contribution < 1.29 is 9.53 Å². The Hall–Kier alpha value is -1.94. The van der Waals surface area contributed by atoms with Crippen molar-refractivity contribution in [3.8, 4) is 5.75 Å². The molecule has 0 saturated carbocycles. The summed E-state index contributed by atoms with van der Waals surface area (Å²) in [6.45, 7) is 6.84. The van der Waals surface area contributed by atoms with Crippen LogP contribution in [0.1, 0.15) is 37.0 Å². The summed E-state index contributed by atoms with van der Waals surface area (Å²) >= 11 is 1.83. The van der Waals surface area contributed by atoms with Crippen molar-refractivity contribution in [1.82, 2.24) is 5.32 Å². The second-order valence-electron chi connectivity index (χ2n) is 6.34. The quantitative estimate of drug-likeness (QED) is 0.612. The summed E-state index contributed by atoms with van der Waals surface area (Å²) in [7, 11) is 0. The maximum Gasteiger partial charge on any atom is 0.261 e. The van der Waals surface area contributed by atoms with E-state index in [0.717, 1.165) is 23.7 Å². The lowest BCUT2D eigenvalue weighted by molar-refractivity contribution is -0.127. The van der Waals surface area contributed by atoms with Crippen LogP contribution in [0.25, 0.3) is 0 Å². The normalized spacial score (nSPS) is 11.8. The lowest BCUT2D eigenvalue weighted by Gasteiger charge is -2.17. The second-order valence-corrected chi connectivity index (χ2v) is 7.45. The van der Waals surface area contributed by atoms with Gasteiger partial charge in [0, 0.05) is 18.1 Å². The molecule has 4 heteroatoms. The molecule has 0 radical (unpaired) electrons. The number of aryl methyl sites for hydroxylation is 2. The highest BCUT2D eigenvalue weighted by Gasteiger charge is 2.17. The Morgan fingerprint density at radius 3 is 2.31 bits per heavy atom. The molecule has 0 bridgehead atoms. The monoisotopic (exact) mass is 371 g/mol. The highest BCUT2D eigenvalue weighted by atomic mass is 32.2. The van der Waals surface area contributed by atoms with E-state index < -0.39 is 6.10 Å². The van der Waals surface area contributed by atoms with Gasteiger partial charge in [-0.15, -0.1) is 0 Å². The lowest BCUT2D eigenvalue weighted by Crippen LogP contribution is -2.39. The zero-order valence-electron chi connectivity index (χ0n) is 16.0. The first-order valence-electron chi connectivity index (χ1n) is 9.29. The summed E-state index contributed by atoms with van der Waals surface area (Å²) in [6, 6.07) is 16.5. The van der Waals surface area contributed by atoms with Crippen LogP contribution in [0, 0.1) is 6.92 Å². The van der Waals surface area contributed by atoms with E-state index in [9.17, 15) is 4.79 Å². The number of nitrogens with one attached hydrogen (secondary N) is 1. The molecule has 2 rings (SSSR count). The van der Waals surface area contributed by atoms with Crippen molar-refractivity contribution >= 4 is 17.7 Å². The molecule has 0 fully saturated rings. The Morgan fingerprint density at radius 1 is 1.04 bits per heavy atom. The molecule has 0 aliphatic rings. The fourth-order valence-corrected chi connectivity index (χ4v) is 3.34. The lowest BCUT2D eigenvalue weighted by atomic mass is 10.2. The van der Waals surface area contributed by atoms with E-state index in [1.54, 1.807) is 0 Å². The zero-order valence-corrected chi connectivity index (χ0v) is 16.8. The van der Waals surface area contributed by atoms with E-state index in [1.165, 1.54) is 16.7 Å². The number of carbonyl (C=O) groups is 1. The van der Waals surface area contributed by atoms with Gasteiger partial charge in [-0.3, -0.25) is 4.79 Å². The van der Waals surface area contributed by atoms with Crippen molar-refractivity contribution in [3.05, 3.63) is 65.2 Å². The SMILES string of the molecule is CCc1ccc(O[C@@H](CC)C(=O)NCCSCc2ccc(C)cc2)cc1. The largest absolute Gasteiger partial charge is 0.481 e. The molecule has 2 aromatic carbocycles. The summed E-state index contributed by atoms with van der Waals surface area (Å²) in [5.41, 5.74) is 3.86. The highest BCUT2D eigenvalue weighted by molar-refractivity contribution is 7.98. The van der Waals surface area contributed by atoms with Crippen molar-refractivity contribution in [1.29, 1.82) is 0 Å². The van der Waals surface area contributed by atoms with Gasteiger partial charge in [-0.25, -0.2) is 0 Å². The number of rotatable bonds is 10. The summed E-state index contributed by atoms with van der Waals surface area (Å²) < 4.78 is 5.84. The molecule has 26 heavy (non-hydrogen) atoms. The van der Waals surface area contributed by atoms with Gasteiger partial charge < -0.3 is 10.1 Å². The molecule has 0 spiro atoms.